The quantitative estimate of drug-likeness (QED) is 0.554. The number of nitrogens with one attached hydrogen (secondary N) is 1. The number of nitrogens with zero attached hydrogens (tertiary/aromatic N) is 2. The molecule has 3 aromatic rings. The van der Waals surface area contributed by atoms with Gasteiger partial charge >= 0.3 is 5.97 Å². The summed E-state index contributed by atoms with van der Waals surface area (Å²) in [6, 6.07) is 7.14. The van der Waals surface area contributed by atoms with Crippen molar-refractivity contribution in [2.45, 2.75) is 5.03 Å². The maximum Gasteiger partial charge on any atom is 0.335 e. The Bertz CT molecular complexity index is 1260. The fourth-order valence-corrected chi connectivity index (χ4v) is 4.28. The Hall–Kier alpha value is -3.62. The lowest BCUT2D eigenvalue weighted by Gasteiger charge is -2.11. The molecule has 0 unspecified atom stereocenters. The third kappa shape index (κ3) is 4.86. The number of benzene rings is 1. The van der Waals surface area contributed by atoms with E-state index in [-0.39, 0.29) is 22.0 Å². The fraction of sp³-hybridized carbons (Fsp3) is 0.105. The zero-order chi connectivity index (χ0) is 21.7. The minimum Gasteiger partial charge on any atom is -0.495 e. The highest BCUT2D eigenvalue weighted by Gasteiger charge is 2.20. The SMILES string of the molecule is COc1cc(C#Cc2nc(S(=O)(=O)Nc3ccc(C(=O)O)cc3OC)cs2)ccn1. The summed E-state index contributed by atoms with van der Waals surface area (Å²) in [5.74, 6) is 5.00. The van der Waals surface area contributed by atoms with Gasteiger partial charge in [-0.3, -0.25) is 4.72 Å². The first-order valence-electron chi connectivity index (χ1n) is 8.24. The number of ether oxygens (including phenoxy) is 2. The molecule has 30 heavy (non-hydrogen) atoms. The molecule has 1 aromatic carbocycles. The van der Waals surface area contributed by atoms with Gasteiger partial charge in [0.25, 0.3) is 10.0 Å². The minimum absolute atomic E-state index is 0.0336. The van der Waals surface area contributed by atoms with Crippen molar-refractivity contribution < 1.29 is 27.8 Å². The molecule has 154 valence electrons. The van der Waals surface area contributed by atoms with E-state index < -0.39 is 16.0 Å². The third-order valence-corrected chi connectivity index (χ3v) is 5.86. The first-order valence-corrected chi connectivity index (χ1v) is 10.6. The molecule has 0 saturated carbocycles. The second kappa shape index (κ2) is 8.81. The Labute approximate surface area is 176 Å². The van der Waals surface area contributed by atoms with Gasteiger partial charge in [0, 0.05) is 23.2 Å². The molecule has 0 saturated heterocycles. The molecule has 2 aromatic heterocycles. The van der Waals surface area contributed by atoms with Crippen molar-refractivity contribution in [1.29, 1.82) is 0 Å². The predicted molar refractivity (Wildman–Crippen MR) is 110 cm³/mol. The maximum absolute atomic E-state index is 12.6. The van der Waals surface area contributed by atoms with Crippen molar-refractivity contribution in [3.8, 4) is 23.5 Å². The van der Waals surface area contributed by atoms with Crippen molar-refractivity contribution in [2.24, 2.45) is 0 Å². The summed E-state index contributed by atoms with van der Waals surface area (Å²) in [6.07, 6.45) is 1.55. The van der Waals surface area contributed by atoms with Gasteiger partial charge in [0.05, 0.1) is 25.5 Å². The van der Waals surface area contributed by atoms with Crippen LogP contribution in [-0.2, 0) is 10.0 Å². The molecular weight excluding hydrogens is 430 g/mol. The Morgan fingerprint density at radius 3 is 2.67 bits per heavy atom. The van der Waals surface area contributed by atoms with E-state index in [1.54, 1.807) is 18.3 Å². The zero-order valence-electron chi connectivity index (χ0n) is 15.7. The highest BCUT2D eigenvalue weighted by Crippen LogP contribution is 2.28. The van der Waals surface area contributed by atoms with E-state index in [1.807, 2.05) is 0 Å². The number of pyridine rings is 1. The normalized spacial score (nSPS) is 10.6. The lowest BCUT2D eigenvalue weighted by Crippen LogP contribution is -2.14. The van der Waals surface area contributed by atoms with Gasteiger partial charge in [-0.05, 0) is 30.2 Å². The summed E-state index contributed by atoms with van der Waals surface area (Å²) in [7, 11) is -1.22. The number of carbonyl (C=O) groups is 1. The Morgan fingerprint density at radius 1 is 1.17 bits per heavy atom. The summed E-state index contributed by atoms with van der Waals surface area (Å²) in [5, 5.41) is 10.5. The number of carboxylic acids is 1. The third-order valence-electron chi connectivity index (χ3n) is 3.71. The summed E-state index contributed by atoms with van der Waals surface area (Å²) in [6.45, 7) is 0. The smallest absolute Gasteiger partial charge is 0.335 e. The minimum atomic E-state index is -4.03. The lowest BCUT2D eigenvalue weighted by atomic mass is 10.2. The number of aromatic carboxylic acids is 1. The zero-order valence-corrected chi connectivity index (χ0v) is 17.4. The molecule has 2 heterocycles. The van der Waals surface area contributed by atoms with Gasteiger partial charge in [0.15, 0.2) is 10.0 Å². The molecule has 2 N–H and O–H groups in total. The van der Waals surface area contributed by atoms with Crippen molar-refractivity contribution in [1.82, 2.24) is 9.97 Å². The van der Waals surface area contributed by atoms with Gasteiger partial charge in [-0.2, -0.15) is 8.42 Å². The summed E-state index contributed by atoms with van der Waals surface area (Å²) in [4.78, 5) is 19.1. The van der Waals surface area contributed by atoms with Crippen LogP contribution in [0.4, 0.5) is 5.69 Å². The molecular formula is C19H15N3O6S2. The van der Waals surface area contributed by atoms with Gasteiger partial charge in [-0.25, -0.2) is 14.8 Å². The first-order chi connectivity index (χ1) is 14.3. The van der Waals surface area contributed by atoms with E-state index in [2.05, 4.69) is 26.5 Å². The van der Waals surface area contributed by atoms with Crippen LogP contribution in [0.5, 0.6) is 11.6 Å². The van der Waals surface area contributed by atoms with E-state index in [1.165, 1.54) is 37.8 Å². The lowest BCUT2D eigenvalue weighted by molar-refractivity contribution is 0.0696. The van der Waals surface area contributed by atoms with Crippen LogP contribution in [0.3, 0.4) is 0 Å². The molecule has 0 fully saturated rings. The average Bonchev–Trinajstić information content (AvgIpc) is 3.22. The molecule has 0 atom stereocenters. The fourth-order valence-electron chi connectivity index (χ4n) is 2.27. The Morgan fingerprint density at radius 2 is 1.97 bits per heavy atom. The monoisotopic (exact) mass is 445 g/mol. The van der Waals surface area contributed by atoms with E-state index in [0.717, 1.165) is 11.3 Å². The maximum atomic E-state index is 12.6. The van der Waals surface area contributed by atoms with Crippen LogP contribution in [-0.4, -0.2) is 43.7 Å². The van der Waals surface area contributed by atoms with Gasteiger partial charge in [-0.1, -0.05) is 5.92 Å². The number of sulfonamides is 1. The summed E-state index contributed by atoms with van der Waals surface area (Å²) >= 11 is 1.07. The standard InChI is InChI=1S/C19H15N3O6S2/c1-27-15-10-13(19(23)24)4-5-14(15)22-30(25,26)18-11-29-17(21-18)6-3-12-7-8-20-16(9-12)28-2/h4-5,7-11,22H,1-2H3,(H,23,24). The first kappa shape index (κ1) is 21.1. The molecule has 11 heteroatoms. The molecule has 0 spiro atoms. The van der Waals surface area contributed by atoms with Gasteiger partial charge < -0.3 is 14.6 Å². The largest absolute Gasteiger partial charge is 0.495 e. The number of aromatic nitrogens is 2. The molecule has 0 aliphatic carbocycles. The van der Waals surface area contributed by atoms with Crippen molar-refractivity contribution in [2.75, 3.05) is 18.9 Å². The number of rotatable bonds is 6. The van der Waals surface area contributed by atoms with Crippen molar-refractivity contribution >= 4 is 33.0 Å². The van der Waals surface area contributed by atoms with Crippen LogP contribution in [0.2, 0.25) is 0 Å². The second-order valence-electron chi connectivity index (χ2n) is 5.65. The van der Waals surface area contributed by atoms with E-state index in [4.69, 9.17) is 14.6 Å². The topological polar surface area (TPSA) is 128 Å². The van der Waals surface area contributed by atoms with Gasteiger partial charge in [0.2, 0.25) is 5.88 Å². The number of hydrogen-bond acceptors (Lipinski definition) is 8. The van der Waals surface area contributed by atoms with Crippen LogP contribution in [0, 0.1) is 11.8 Å². The predicted octanol–water partition coefficient (Wildman–Crippen LogP) is 2.45. The molecule has 0 aliphatic rings. The van der Waals surface area contributed by atoms with Gasteiger partial charge in [0.1, 0.15) is 5.75 Å². The number of methoxy groups -OCH3 is 2. The van der Waals surface area contributed by atoms with Crippen molar-refractivity contribution in [3.63, 3.8) is 0 Å². The number of anilines is 1. The van der Waals surface area contributed by atoms with Crippen LogP contribution < -0.4 is 14.2 Å². The van der Waals surface area contributed by atoms with Crippen LogP contribution in [0.1, 0.15) is 20.9 Å². The molecule has 3 rings (SSSR count). The summed E-state index contributed by atoms with van der Waals surface area (Å²) in [5.41, 5.74) is 0.698. The molecule has 0 bridgehead atoms. The van der Waals surface area contributed by atoms with E-state index in [9.17, 15) is 13.2 Å². The van der Waals surface area contributed by atoms with Crippen LogP contribution >= 0.6 is 11.3 Å². The molecule has 0 amide bonds. The Balaban J connectivity index is 1.83. The van der Waals surface area contributed by atoms with Crippen molar-refractivity contribution in [3.05, 3.63) is 58.0 Å². The summed E-state index contributed by atoms with van der Waals surface area (Å²) < 4.78 is 37.8. The van der Waals surface area contributed by atoms with Gasteiger partial charge in [-0.15, -0.1) is 11.3 Å². The van der Waals surface area contributed by atoms with Crippen LogP contribution in [0.25, 0.3) is 0 Å². The highest BCUT2D eigenvalue weighted by molar-refractivity contribution is 7.92. The van der Waals surface area contributed by atoms with E-state index in [0.29, 0.717) is 16.5 Å². The van der Waals surface area contributed by atoms with Crippen LogP contribution in [0.15, 0.2) is 46.9 Å². The Kier molecular flexibility index (Phi) is 6.20. The number of hydrogen-bond donors (Lipinski definition) is 2. The highest BCUT2D eigenvalue weighted by atomic mass is 32.2. The molecule has 0 radical (unpaired) electrons. The number of carboxylic acid groups (broad SMARTS) is 1. The molecule has 9 nitrogen and oxygen atoms in total. The molecule has 0 aliphatic heterocycles. The number of thiazole rings is 1. The van der Waals surface area contributed by atoms with E-state index >= 15 is 0 Å². The average molecular weight is 445 g/mol. The second-order valence-corrected chi connectivity index (χ2v) is 8.14.